The van der Waals surface area contributed by atoms with Crippen molar-refractivity contribution in [2.45, 2.75) is 23.6 Å². The van der Waals surface area contributed by atoms with Crippen LogP contribution in [0, 0.1) is 10.1 Å². The van der Waals surface area contributed by atoms with Gasteiger partial charge in [-0.2, -0.15) is 13.2 Å². The number of likely N-dealkylation sites (N-methyl/N-ethyl adjacent to an activating group) is 1. The Labute approximate surface area is 220 Å². The van der Waals surface area contributed by atoms with Crippen molar-refractivity contribution in [3.63, 3.8) is 0 Å². The molecule has 1 saturated heterocycles. The Balaban J connectivity index is 1.55. The van der Waals surface area contributed by atoms with Crippen molar-refractivity contribution in [1.82, 2.24) is 4.90 Å². The minimum Gasteiger partial charge on any atom is -0.488 e. The molecule has 0 bridgehead atoms. The van der Waals surface area contributed by atoms with Crippen LogP contribution in [0.5, 0.6) is 17.2 Å². The molecule has 0 aromatic heterocycles. The number of ether oxygens (including phenoxy) is 2. The third kappa shape index (κ3) is 6.29. The Morgan fingerprint density at radius 2 is 1.84 bits per heavy atom. The maximum Gasteiger partial charge on any atom is 0.419 e. The second-order valence-electron chi connectivity index (χ2n) is 8.52. The first kappa shape index (κ1) is 27.5. The number of alkyl halides is 3. The second-order valence-corrected chi connectivity index (χ2v) is 10.6. The molecule has 0 spiro atoms. The van der Waals surface area contributed by atoms with E-state index < -0.39 is 38.5 Å². The molecule has 1 atom stereocenters. The molecule has 0 unspecified atom stereocenters. The van der Waals surface area contributed by atoms with Gasteiger partial charge >= 0.3 is 11.9 Å². The summed E-state index contributed by atoms with van der Waals surface area (Å²) in [7, 11) is -2.39. The summed E-state index contributed by atoms with van der Waals surface area (Å²) in [5.74, 6) is -0.603. The van der Waals surface area contributed by atoms with Crippen molar-refractivity contribution in [3.8, 4) is 17.2 Å². The quantitative estimate of drug-likeness (QED) is 0.263. The summed E-state index contributed by atoms with van der Waals surface area (Å²) >= 11 is 6.01. The standard InChI is InChI=1S/C24H21ClF3N3O6S/c1-30-12-11-17(14-30)36-22-13-15(5-10-19(22)24(26,27)28)29-38(34,35)18-8-6-16(7-9-18)37-23-20(25)3-2-4-21(23)31(32)33/h2-10,13,17,29H,11-12,14H2,1H3/t17-/m1/s1. The number of rotatable bonds is 8. The van der Waals surface area contributed by atoms with Crippen LogP contribution in [-0.2, 0) is 16.2 Å². The van der Waals surface area contributed by atoms with Crippen LogP contribution >= 0.6 is 11.6 Å². The van der Waals surface area contributed by atoms with Gasteiger partial charge in [-0.05, 0) is 55.9 Å². The van der Waals surface area contributed by atoms with Crippen molar-refractivity contribution in [2.24, 2.45) is 0 Å². The van der Waals surface area contributed by atoms with Gasteiger partial charge in [-0.3, -0.25) is 14.8 Å². The van der Waals surface area contributed by atoms with Crippen molar-refractivity contribution < 1.29 is 36.0 Å². The highest BCUT2D eigenvalue weighted by atomic mass is 35.5. The Morgan fingerprint density at radius 3 is 2.45 bits per heavy atom. The summed E-state index contributed by atoms with van der Waals surface area (Å²) in [6.07, 6.45) is -4.62. The summed E-state index contributed by atoms with van der Waals surface area (Å²) in [6, 6.07) is 11.6. The largest absolute Gasteiger partial charge is 0.488 e. The molecule has 202 valence electrons. The summed E-state index contributed by atoms with van der Waals surface area (Å²) in [6.45, 7) is 1.11. The van der Waals surface area contributed by atoms with Crippen LogP contribution in [0.1, 0.15) is 12.0 Å². The van der Waals surface area contributed by atoms with Crippen LogP contribution in [0.25, 0.3) is 0 Å². The highest BCUT2D eigenvalue weighted by molar-refractivity contribution is 7.92. The Morgan fingerprint density at radius 1 is 1.13 bits per heavy atom. The molecule has 3 aromatic carbocycles. The minimum atomic E-state index is -4.69. The lowest BCUT2D eigenvalue weighted by atomic mass is 10.1. The minimum absolute atomic E-state index is 0.0119. The number of nitro benzene ring substituents is 1. The zero-order valence-corrected chi connectivity index (χ0v) is 21.3. The smallest absolute Gasteiger partial charge is 0.419 e. The Hall–Kier alpha value is -3.55. The van der Waals surface area contributed by atoms with Crippen molar-refractivity contribution >= 4 is 33.0 Å². The lowest BCUT2D eigenvalue weighted by Gasteiger charge is -2.19. The van der Waals surface area contributed by atoms with E-state index in [0.717, 1.165) is 18.2 Å². The van der Waals surface area contributed by atoms with Gasteiger partial charge in [-0.1, -0.05) is 17.7 Å². The summed E-state index contributed by atoms with van der Waals surface area (Å²) in [5, 5.41) is 11.2. The number of benzene rings is 3. The normalized spacial score (nSPS) is 16.3. The zero-order valence-electron chi connectivity index (χ0n) is 19.7. The molecule has 9 nitrogen and oxygen atoms in total. The number of anilines is 1. The van der Waals surface area contributed by atoms with Crippen LogP contribution in [0.15, 0.2) is 65.6 Å². The first-order chi connectivity index (χ1) is 17.8. The highest BCUT2D eigenvalue weighted by Crippen LogP contribution is 2.40. The average Bonchev–Trinajstić information content (AvgIpc) is 3.24. The van der Waals surface area contributed by atoms with Crippen LogP contribution in [0.2, 0.25) is 5.02 Å². The van der Waals surface area contributed by atoms with E-state index in [1.165, 1.54) is 42.5 Å². The molecule has 1 aliphatic rings. The number of para-hydroxylation sites is 1. The van der Waals surface area contributed by atoms with Gasteiger partial charge < -0.3 is 14.4 Å². The first-order valence-electron chi connectivity index (χ1n) is 11.1. The zero-order chi connectivity index (χ0) is 27.7. The second kappa shape index (κ2) is 10.7. The topological polar surface area (TPSA) is 111 Å². The molecule has 1 N–H and O–H groups in total. The maximum absolute atomic E-state index is 13.5. The lowest BCUT2D eigenvalue weighted by Crippen LogP contribution is -2.23. The molecule has 1 heterocycles. The molecule has 1 aliphatic heterocycles. The van der Waals surface area contributed by atoms with Gasteiger partial charge in [0.05, 0.1) is 26.1 Å². The molecular weight excluding hydrogens is 551 g/mol. The van der Waals surface area contributed by atoms with Gasteiger partial charge in [0.2, 0.25) is 5.75 Å². The monoisotopic (exact) mass is 571 g/mol. The maximum atomic E-state index is 13.5. The molecule has 4 rings (SSSR count). The van der Waals surface area contributed by atoms with Crippen LogP contribution < -0.4 is 14.2 Å². The number of nitrogens with one attached hydrogen (secondary N) is 1. The van der Waals surface area contributed by atoms with Gasteiger partial charge in [0.25, 0.3) is 10.0 Å². The van der Waals surface area contributed by atoms with E-state index in [2.05, 4.69) is 4.72 Å². The Kier molecular flexibility index (Phi) is 7.72. The fraction of sp³-hybridized carbons (Fsp3) is 0.250. The number of hydrogen-bond donors (Lipinski definition) is 1. The number of nitrogens with zero attached hydrogens (tertiary/aromatic N) is 2. The SMILES string of the molecule is CN1CC[C@@H](Oc2cc(NS(=O)(=O)c3ccc(Oc4c(Cl)cccc4[N+](=O)[O-])cc3)ccc2C(F)(F)F)C1. The van der Waals surface area contributed by atoms with E-state index in [1.54, 1.807) is 0 Å². The highest BCUT2D eigenvalue weighted by Gasteiger charge is 2.36. The molecule has 0 saturated carbocycles. The third-order valence-corrected chi connectivity index (χ3v) is 7.37. The molecule has 0 amide bonds. The van der Waals surface area contributed by atoms with Crippen LogP contribution in [0.4, 0.5) is 24.5 Å². The number of hydrogen-bond acceptors (Lipinski definition) is 7. The summed E-state index contributed by atoms with van der Waals surface area (Å²) in [5.41, 5.74) is -1.50. The number of likely N-dealkylation sites (tertiary alicyclic amines) is 1. The number of nitro groups is 1. The fourth-order valence-electron chi connectivity index (χ4n) is 3.85. The van der Waals surface area contributed by atoms with Gasteiger partial charge in [-0.25, -0.2) is 8.42 Å². The van der Waals surface area contributed by atoms with Crippen molar-refractivity contribution in [2.75, 3.05) is 24.9 Å². The van der Waals surface area contributed by atoms with Gasteiger partial charge in [0.15, 0.2) is 0 Å². The summed E-state index contributed by atoms with van der Waals surface area (Å²) in [4.78, 5) is 12.3. The van der Waals surface area contributed by atoms with Crippen LogP contribution in [-0.4, -0.2) is 44.5 Å². The molecule has 0 aliphatic carbocycles. The predicted octanol–water partition coefficient (Wildman–Crippen LogP) is 5.94. The number of sulfonamides is 1. The van der Waals surface area contributed by atoms with Gasteiger partial charge in [-0.15, -0.1) is 0 Å². The van der Waals surface area contributed by atoms with E-state index in [9.17, 15) is 31.7 Å². The average molecular weight is 572 g/mol. The van der Waals surface area contributed by atoms with E-state index in [1.807, 2.05) is 11.9 Å². The van der Waals surface area contributed by atoms with E-state index in [-0.39, 0.29) is 32.8 Å². The molecular formula is C24H21ClF3N3O6S. The summed E-state index contributed by atoms with van der Waals surface area (Å²) < 4.78 is 79.8. The molecule has 14 heteroatoms. The fourth-order valence-corrected chi connectivity index (χ4v) is 5.11. The molecule has 0 radical (unpaired) electrons. The van der Waals surface area contributed by atoms with E-state index >= 15 is 0 Å². The van der Waals surface area contributed by atoms with Gasteiger partial charge in [0.1, 0.15) is 17.6 Å². The Bertz CT molecular complexity index is 1450. The van der Waals surface area contributed by atoms with E-state index in [4.69, 9.17) is 21.1 Å². The molecule has 1 fully saturated rings. The van der Waals surface area contributed by atoms with E-state index in [0.29, 0.717) is 19.5 Å². The third-order valence-electron chi connectivity index (χ3n) is 5.68. The lowest BCUT2D eigenvalue weighted by molar-refractivity contribution is -0.385. The predicted molar refractivity (Wildman–Crippen MR) is 133 cm³/mol. The first-order valence-corrected chi connectivity index (χ1v) is 13.0. The van der Waals surface area contributed by atoms with Crippen LogP contribution in [0.3, 0.4) is 0 Å². The van der Waals surface area contributed by atoms with Crippen molar-refractivity contribution in [1.29, 1.82) is 0 Å². The molecule has 3 aromatic rings. The van der Waals surface area contributed by atoms with Gasteiger partial charge in [0, 0.05) is 25.2 Å². The van der Waals surface area contributed by atoms with Crippen molar-refractivity contribution in [3.05, 3.63) is 81.4 Å². The number of halogens is 4. The molecule has 38 heavy (non-hydrogen) atoms.